The fraction of sp³-hybridized carbons (Fsp3) is 0.238. The van der Waals surface area contributed by atoms with Crippen LogP contribution in [0.25, 0.3) is 16.1 Å². The minimum atomic E-state index is -4.73. The van der Waals surface area contributed by atoms with Gasteiger partial charge in [0, 0.05) is 29.4 Å². The van der Waals surface area contributed by atoms with E-state index in [9.17, 15) is 31.1 Å². The zero-order valence-electron chi connectivity index (χ0n) is 16.5. The van der Waals surface area contributed by atoms with E-state index in [1.165, 1.54) is 16.8 Å². The molecule has 0 fully saturated rings. The van der Waals surface area contributed by atoms with E-state index in [0.29, 0.717) is 30.8 Å². The number of nitrogens with zero attached hydrogens (tertiary/aromatic N) is 4. The summed E-state index contributed by atoms with van der Waals surface area (Å²) in [5, 5.41) is 6.89. The summed E-state index contributed by atoms with van der Waals surface area (Å²) < 4.78 is 79.6. The summed E-state index contributed by atoms with van der Waals surface area (Å²) in [4.78, 5) is 18.9. The third-order valence-electron chi connectivity index (χ3n) is 5.09. The zero-order chi connectivity index (χ0) is 24.0. The normalized spacial score (nSPS) is 15.7. The predicted molar refractivity (Wildman–Crippen MR) is 103 cm³/mol. The monoisotopic (exact) mass is 465 g/mol. The van der Waals surface area contributed by atoms with Gasteiger partial charge in [-0.05, 0) is 42.8 Å². The lowest BCUT2D eigenvalue weighted by molar-refractivity contribution is -0.141. The summed E-state index contributed by atoms with van der Waals surface area (Å²) in [6.07, 6.45) is -7.93. The molecule has 0 radical (unpaired) electrons. The van der Waals surface area contributed by atoms with Crippen LogP contribution < -0.4 is 5.32 Å². The van der Waals surface area contributed by atoms with Crippen molar-refractivity contribution in [1.82, 2.24) is 20.1 Å². The molecule has 0 aliphatic carbocycles. The molecular formula is C21H13F6N5O. The molecule has 1 aliphatic heterocycles. The minimum absolute atomic E-state index is 0.184. The number of benzene rings is 1. The highest BCUT2D eigenvalue weighted by atomic mass is 19.4. The number of aromatic nitrogens is 3. The fourth-order valence-electron chi connectivity index (χ4n) is 3.53. The molecule has 2 aromatic heterocycles. The number of carbonyl (C=O) groups is 1. The molecule has 0 bridgehead atoms. The van der Waals surface area contributed by atoms with E-state index in [2.05, 4.69) is 20.2 Å². The van der Waals surface area contributed by atoms with Gasteiger partial charge in [-0.15, -0.1) is 0 Å². The zero-order valence-corrected chi connectivity index (χ0v) is 16.5. The Bertz CT molecular complexity index is 1270. The second kappa shape index (κ2) is 7.91. The van der Waals surface area contributed by atoms with Gasteiger partial charge >= 0.3 is 12.4 Å². The van der Waals surface area contributed by atoms with Crippen LogP contribution in [-0.4, -0.2) is 20.7 Å². The Morgan fingerprint density at radius 2 is 1.85 bits per heavy atom. The highest BCUT2D eigenvalue weighted by Crippen LogP contribution is 2.35. The molecule has 12 heteroatoms. The number of nitrogens with one attached hydrogen (secondary N) is 1. The summed E-state index contributed by atoms with van der Waals surface area (Å²) in [5.41, 5.74) is -1.91. The second-order valence-corrected chi connectivity index (χ2v) is 7.30. The average molecular weight is 465 g/mol. The molecule has 3 heterocycles. The molecule has 1 aliphatic rings. The Balaban J connectivity index is 1.59. The van der Waals surface area contributed by atoms with Gasteiger partial charge in [-0.1, -0.05) is 0 Å². The molecule has 0 saturated carbocycles. The number of alkyl halides is 6. The number of fused-ring (bicyclic) bond motifs is 1. The van der Waals surface area contributed by atoms with E-state index in [0.717, 1.165) is 18.3 Å². The van der Waals surface area contributed by atoms with Crippen LogP contribution in [0, 0.1) is 6.57 Å². The van der Waals surface area contributed by atoms with Crippen LogP contribution in [0.2, 0.25) is 0 Å². The van der Waals surface area contributed by atoms with E-state index in [-0.39, 0.29) is 22.5 Å². The molecule has 0 saturated heterocycles. The lowest BCUT2D eigenvalue weighted by Crippen LogP contribution is -2.27. The number of hydrogen-bond donors (Lipinski definition) is 1. The topological polar surface area (TPSA) is 64.2 Å². The third kappa shape index (κ3) is 4.52. The van der Waals surface area contributed by atoms with Gasteiger partial charge in [-0.2, -0.15) is 31.4 Å². The van der Waals surface area contributed by atoms with Crippen molar-refractivity contribution in [3.63, 3.8) is 0 Å². The molecule has 0 unspecified atom stereocenters. The van der Waals surface area contributed by atoms with Crippen molar-refractivity contribution in [2.75, 3.05) is 0 Å². The predicted octanol–water partition coefficient (Wildman–Crippen LogP) is 5.41. The maximum Gasteiger partial charge on any atom is 0.433 e. The number of pyridine rings is 1. The van der Waals surface area contributed by atoms with Gasteiger partial charge in [0.25, 0.3) is 5.91 Å². The Kier molecular flexibility index (Phi) is 5.35. The van der Waals surface area contributed by atoms with Gasteiger partial charge in [0.2, 0.25) is 0 Å². The van der Waals surface area contributed by atoms with E-state index in [4.69, 9.17) is 6.57 Å². The van der Waals surface area contributed by atoms with Crippen LogP contribution in [0.5, 0.6) is 0 Å². The number of halogens is 6. The Morgan fingerprint density at radius 1 is 1.09 bits per heavy atom. The molecule has 3 aromatic rings. The van der Waals surface area contributed by atoms with E-state index in [1.54, 1.807) is 0 Å². The summed E-state index contributed by atoms with van der Waals surface area (Å²) in [7, 11) is 0. The summed E-state index contributed by atoms with van der Waals surface area (Å²) in [6, 6.07) is 5.51. The molecule has 33 heavy (non-hydrogen) atoms. The molecule has 170 valence electrons. The smallest absolute Gasteiger partial charge is 0.344 e. The van der Waals surface area contributed by atoms with Crippen molar-refractivity contribution in [2.24, 2.45) is 0 Å². The van der Waals surface area contributed by atoms with Gasteiger partial charge in [0.1, 0.15) is 5.69 Å². The molecular weight excluding hydrogens is 452 g/mol. The van der Waals surface area contributed by atoms with Gasteiger partial charge in [-0.3, -0.25) is 14.5 Å². The first kappa shape index (κ1) is 22.3. The largest absolute Gasteiger partial charge is 0.433 e. The molecule has 0 spiro atoms. The van der Waals surface area contributed by atoms with Crippen LogP contribution in [0.1, 0.15) is 39.8 Å². The first-order chi connectivity index (χ1) is 15.5. The van der Waals surface area contributed by atoms with Gasteiger partial charge < -0.3 is 5.32 Å². The number of aryl methyl sites for hydroxylation is 1. The van der Waals surface area contributed by atoms with Crippen LogP contribution in [0.15, 0.2) is 42.6 Å². The van der Waals surface area contributed by atoms with Gasteiger partial charge in [-0.25, -0.2) is 4.85 Å². The average Bonchev–Trinajstić information content (AvgIpc) is 3.34. The molecule has 1 N–H and O–H groups in total. The Morgan fingerprint density at radius 3 is 2.52 bits per heavy atom. The summed E-state index contributed by atoms with van der Waals surface area (Å²) in [5.74, 6) is -0.810. The minimum Gasteiger partial charge on any atom is -0.344 e. The van der Waals surface area contributed by atoms with Crippen molar-refractivity contribution in [3.8, 4) is 11.3 Å². The molecule has 1 amide bonds. The first-order valence-corrected chi connectivity index (χ1v) is 9.47. The fourth-order valence-corrected chi connectivity index (χ4v) is 3.53. The molecule has 1 aromatic carbocycles. The third-order valence-corrected chi connectivity index (χ3v) is 5.09. The van der Waals surface area contributed by atoms with Crippen LogP contribution >= 0.6 is 0 Å². The number of amides is 1. The van der Waals surface area contributed by atoms with E-state index >= 15 is 0 Å². The highest BCUT2D eigenvalue weighted by Gasteiger charge is 2.34. The molecule has 4 rings (SSSR count). The van der Waals surface area contributed by atoms with Gasteiger partial charge in [0.15, 0.2) is 5.69 Å². The lowest BCUT2D eigenvalue weighted by atomic mass is 10.1. The maximum absolute atomic E-state index is 13.1. The van der Waals surface area contributed by atoms with Crippen molar-refractivity contribution >= 4 is 11.6 Å². The van der Waals surface area contributed by atoms with Crippen molar-refractivity contribution in [2.45, 2.75) is 31.4 Å². The van der Waals surface area contributed by atoms with Crippen LogP contribution in [0.4, 0.5) is 32.0 Å². The molecule has 6 nitrogen and oxygen atoms in total. The van der Waals surface area contributed by atoms with Crippen LogP contribution in [0.3, 0.4) is 0 Å². The number of rotatable bonds is 3. The highest BCUT2D eigenvalue weighted by molar-refractivity contribution is 5.95. The number of hydrogen-bond acceptors (Lipinski definition) is 3. The van der Waals surface area contributed by atoms with Crippen molar-refractivity contribution < 1.29 is 31.1 Å². The SMILES string of the molecule is [C-]#[N+]c1cc(C(=O)N[C@@H]2CCn3nc(-c4ccnc(C(F)(F)F)c4)cc32)cc(C(F)(F)F)c1. The van der Waals surface area contributed by atoms with Crippen LogP contribution in [-0.2, 0) is 18.9 Å². The van der Waals surface area contributed by atoms with Crippen molar-refractivity contribution in [1.29, 1.82) is 0 Å². The Hall–Kier alpha value is -3.88. The maximum atomic E-state index is 13.1. The standard InChI is InChI=1S/C21H13F6N5O/c1-28-14-7-12(6-13(9-14)20(22,23)24)19(33)30-15-3-5-32-17(15)10-16(31-32)11-2-4-29-18(8-11)21(25,26)27/h2,4,6-10,15H,3,5H2,(H,30,33)/t15-/m1/s1. The first-order valence-electron chi connectivity index (χ1n) is 9.47. The van der Waals surface area contributed by atoms with Crippen molar-refractivity contribution in [3.05, 3.63) is 76.5 Å². The summed E-state index contributed by atoms with van der Waals surface area (Å²) in [6.45, 7) is 7.34. The Labute approximate surface area is 182 Å². The number of carbonyl (C=O) groups excluding carboxylic acids is 1. The summed E-state index contributed by atoms with van der Waals surface area (Å²) >= 11 is 0. The quantitative estimate of drug-likeness (QED) is 0.416. The van der Waals surface area contributed by atoms with E-state index in [1.807, 2.05) is 0 Å². The second-order valence-electron chi connectivity index (χ2n) is 7.30. The lowest BCUT2D eigenvalue weighted by Gasteiger charge is -2.14. The van der Waals surface area contributed by atoms with Gasteiger partial charge in [0.05, 0.1) is 24.0 Å². The van der Waals surface area contributed by atoms with E-state index < -0.39 is 35.6 Å². The molecule has 1 atom stereocenters.